The summed E-state index contributed by atoms with van der Waals surface area (Å²) in [5, 5.41) is 13.0. The molecule has 118 valence electrons. The molecule has 7 heteroatoms. The quantitative estimate of drug-likeness (QED) is 0.690. The molecule has 2 rings (SSSR count). The standard InChI is InChI=1S/C14H25N5O2/c1-14(2,3)21-13(20)18-11-7-10(8-11)15-6-4-5-12-16-9-17-19-12/h9-11,15H,4-8H2,1-3H3,(H,18,20)(H,16,17,19). The highest BCUT2D eigenvalue weighted by molar-refractivity contribution is 5.68. The number of ether oxygens (including phenoxy) is 1. The smallest absolute Gasteiger partial charge is 0.407 e. The molecule has 1 aromatic rings. The molecule has 0 unspecified atom stereocenters. The Morgan fingerprint density at radius 2 is 2.19 bits per heavy atom. The molecular formula is C14H25N5O2. The highest BCUT2D eigenvalue weighted by atomic mass is 16.6. The maximum Gasteiger partial charge on any atom is 0.407 e. The second-order valence-corrected chi connectivity index (χ2v) is 6.50. The third-order valence-electron chi connectivity index (χ3n) is 3.35. The number of carbonyl (C=O) groups excluding carboxylic acids is 1. The van der Waals surface area contributed by atoms with Gasteiger partial charge in [0.25, 0.3) is 0 Å². The van der Waals surface area contributed by atoms with Crippen LogP contribution in [0, 0.1) is 0 Å². The van der Waals surface area contributed by atoms with Gasteiger partial charge in [-0.15, -0.1) is 0 Å². The number of hydrogen-bond donors (Lipinski definition) is 3. The van der Waals surface area contributed by atoms with Crippen LogP contribution in [0.25, 0.3) is 0 Å². The van der Waals surface area contributed by atoms with E-state index in [2.05, 4.69) is 25.8 Å². The Morgan fingerprint density at radius 3 is 2.81 bits per heavy atom. The van der Waals surface area contributed by atoms with Crippen LogP contribution in [0.4, 0.5) is 4.79 Å². The van der Waals surface area contributed by atoms with E-state index < -0.39 is 5.60 Å². The fourth-order valence-electron chi connectivity index (χ4n) is 2.29. The number of rotatable bonds is 6. The number of aryl methyl sites for hydroxylation is 1. The van der Waals surface area contributed by atoms with Gasteiger partial charge < -0.3 is 15.4 Å². The predicted molar refractivity (Wildman–Crippen MR) is 78.9 cm³/mol. The lowest BCUT2D eigenvalue weighted by atomic mass is 9.87. The van der Waals surface area contributed by atoms with Crippen molar-refractivity contribution < 1.29 is 9.53 Å². The minimum atomic E-state index is -0.438. The van der Waals surface area contributed by atoms with Gasteiger partial charge in [-0.05, 0) is 46.6 Å². The Hall–Kier alpha value is -1.63. The van der Waals surface area contributed by atoms with Crippen LogP contribution in [0.2, 0.25) is 0 Å². The first-order valence-corrected chi connectivity index (χ1v) is 7.49. The number of amides is 1. The molecule has 1 amide bonds. The van der Waals surface area contributed by atoms with Crippen LogP contribution < -0.4 is 10.6 Å². The van der Waals surface area contributed by atoms with Gasteiger partial charge in [-0.3, -0.25) is 5.10 Å². The summed E-state index contributed by atoms with van der Waals surface area (Å²) in [6, 6.07) is 0.714. The predicted octanol–water partition coefficient (Wildman–Crippen LogP) is 1.38. The average molecular weight is 295 g/mol. The summed E-state index contributed by atoms with van der Waals surface area (Å²) in [6.07, 6.45) is 5.05. The molecule has 0 saturated heterocycles. The number of aromatic nitrogens is 3. The van der Waals surface area contributed by atoms with Crippen LogP contribution in [0.3, 0.4) is 0 Å². The summed E-state index contributed by atoms with van der Waals surface area (Å²) >= 11 is 0. The zero-order chi connectivity index (χ0) is 15.3. The van der Waals surface area contributed by atoms with Gasteiger partial charge in [-0.25, -0.2) is 9.78 Å². The SMILES string of the molecule is CC(C)(C)OC(=O)NC1CC(NCCCc2ncn[nH]2)C1. The van der Waals surface area contributed by atoms with Crippen LogP contribution in [-0.4, -0.2) is 45.5 Å². The molecular weight excluding hydrogens is 270 g/mol. The monoisotopic (exact) mass is 295 g/mol. The number of alkyl carbamates (subject to hydrolysis) is 1. The fourth-order valence-corrected chi connectivity index (χ4v) is 2.29. The van der Waals surface area contributed by atoms with Crippen molar-refractivity contribution in [1.82, 2.24) is 25.8 Å². The molecule has 21 heavy (non-hydrogen) atoms. The largest absolute Gasteiger partial charge is 0.444 e. The third kappa shape index (κ3) is 5.71. The summed E-state index contributed by atoms with van der Waals surface area (Å²) in [5.41, 5.74) is -0.438. The fraction of sp³-hybridized carbons (Fsp3) is 0.786. The first-order chi connectivity index (χ1) is 9.92. The number of aromatic amines is 1. The van der Waals surface area contributed by atoms with Crippen molar-refractivity contribution >= 4 is 6.09 Å². The van der Waals surface area contributed by atoms with Gasteiger partial charge in [0.05, 0.1) is 0 Å². The molecule has 1 aromatic heterocycles. The molecule has 1 aliphatic rings. The van der Waals surface area contributed by atoms with Crippen LogP contribution in [-0.2, 0) is 11.2 Å². The molecule has 0 aliphatic heterocycles. The van der Waals surface area contributed by atoms with Gasteiger partial charge in [0.2, 0.25) is 0 Å². The molecule has 1 fully saturated rings. The van der Waals surface area contributed by atoms with E-state index in [-0.39, 0.29) is 12.1 Å². The van der Waals surface area contributed by atoms with Gasteiger partial charge in [-0.1, -0.05) is 0 Å². The van der Waals surface area contributed by atoms with Crippen molar-refractivity contribution in [1.29, 1.82) is 0 Å². The number of nitrogens with one attached hydrogen (secondary N) is 3. The van der Waals surface area contributed by atoms with E-state index in [1.165, 1.54) is 6.33 Å². The summed E-state index contributed by atoms with van der Waals surface area (Å²) < 4.78 is 5.23. The highest BCUT2D eigenvalue weighted by Crippen LogP contribution is 2.20. The van der Waals surface area contributed by atoms with Gasteiger partial charge in [0.15, 0.2) is 0 Å². The molecule has 1 aliphatic carbocycles. The summed E-state index contributed by atoms with van der Waals surface area (Å²) in [4.78, 5) is 15.7. The minimum Gasteiger partial charge on any atom is -0.444 e. The Kier molecular flexibility index (Phi) is 5.17. The topological polar surface area (TPSA) is 91.9 Å². The highest BCUT2D eigenvalue weighted by Gasteiger charge is 2.31. The van der Waals surface area contributed by atoms with Crippen molar-refractivity contribution in [3.63, 3.8) is 0 Å². The molecule has 1 saturated carbocycles. The normalized spacial score (nSPS) is 21.7. The Labute approximate surface area is 125 Å². The van der Waals surface area contributed by atoms with Crippen molar-refractivity contribution in [3.8, 4) is 0 Å². The van der Waals surface area contributed by atoms with Gasteiger partial charge >= 0.3 is 6.09 Å². The number of carbonyl (C=O) groups is 1. The van der Waals surface area contributed by atoms with Crippen molar-refractivity contribution in [2.24, 2.45) is 0 Å². The molecule has 0 radical (unpaired) electrons. The van der Waals surface area contributed by atoms with E-state index in [0.717, 1.165) is 38.1 Å². The lowest BCUT2D eigenvalue weighted by Crippen LogP contribution is -2.53. The molecule has 0 spiro atoms. The van der Waals surface area contributed by atoms with Crippen LogP contribution >= 0.6 is 0 Å². The van der Waals surface area contributed by atoms with Crippen molar-refractivity contribution in [2.45, 2.75) is 64.1 Å². The van der Waals surface area contributed by atoms with E-state index >= 15 is 0 Å². The van der Waals surface area contributed by atoms with Crippen LogP contribution in [0.1, 0.15) is 45.9 Å². The van der Waals surface area contributed by atoms with Gasteiger partial charge in [0.1, 0.15) is 17.8 Å². The first kappa shape index (κ1) is 15.8. The molecule has 1 heterocycles. The third-order valence-corrected chi connectivity index (χ3v) is 3.35. The lowest BCUT2D eigenvalue weighted by Gasteiger charge is -2.36. The van der Waals surface area contributed by atoms with E-state index in [1.807, 2.05) is 20.8 Å². The summed E-state index contributed by atoms with van der Waals surface area (Å²) in [6.45, 7) is 6.55. The number of nitrogens with zero attached hydrogens (tertiary/aromatic N) is 2. The Balaban J connectivity index is 1.50. The lowest BCUT2D eigenvalue weighted by molar-refractivity contribution is 0.0465. The minimum absolute atomic E-state index is 0.228. The maximum absolute atomic E-state index is 11.6. The zero-order valence-electron chi connectivity index (χ0n) is 13.0. The zero-order valence-corrected chi connectivity index (χ0v) is 13.0. The molecule has 0 atom stereocenters. The van der Waals surface area contributed by atoms with E-state index in [1.54, 1.807) is 0 Å². The second-order valence-electron chi connectivity index (χ2n) is 6.50. The molecule has 3 N–H and O–H groups in total. The van der Waals surface area contributed by atoms with Crippen LogP contribution in [0.5, 0.6) is 0 Å². The number of H-pyrrole nitrogens is 1. The Bertz CT molecular complexity index is 435. The first-order valence-electron chi connectivity index (χ1n) is 7.49. The summed E-state index contributed by atoms with van der Waals surface area (Å²) in [5.74, 6) is 0.926. The van der Waals surface area contributed by atoms with Crippen molar-refractivity contribution in [2.75, 3.05) is 6.54 Å². The van der Waals surface area contributed by atoms with E-state index in [4.69, 9.17) is 4.74 Å². The second kappa shape index (κ2) is 6.89. The molecule has 0 bridgehead atoms. The van der Waals surface area contributed by atoms with Crippen molar-refractivity contribution in [3.05, 3.63) is 12.2 Å². The summed E-state index contributed by atoms with van der Waals surface area (Å²) in [7, 11) is 0. The average Bonchev–Trinajstić information content (AvgIpc) is 2.81. The van der Waals surface area contributed by atoms with E-state index in [0.29, 0.717) is 6.04 Å². The maximum atomic E-state index is 11.6. The van der Waals surface area contributed by atoms with E-state index in [9.17, 15) is 4.79 Å². The number of hydrogen-bond acceptors (Lipinski definition) is 5. The van der Waals surface area contributed by atoms with Gasteiger partial charge in [0, 0.05) is 18.5 Å². The van der Waals surface area contributed by atoms with Gasteiger partial charge in [-0.2, -0.15) is 5.10 Å². The Morgan fingerprint density at radius 1 is 1.43 bits per heavy atom. The van der Waals surface area contributed by atoms with Crippen LogP contribution in [0.15, 0.2) is 6.33 Å². The molecule has 7 nitrogen and oxygen atoms in total. The molecule has 0 aromatic carbocycles.